The minimum absolute atomic E-state index is 0.126. The van der Waals surface area contributed by atoms with Gasteiger partial charge in [0.1, 0.15) is 0 Å². The van der Waals surface area contributed by atoms with Crippen LogP contribution in [-0.4, -0.2) is 27.5 Å². The van der Waals surface area contributed by atoms with E-state index in [0.717, 1.165) is 0 Å². The molecular weight excluding hydrogens is 414 g/mol. The molecule has 3 N–H and O–H groups in total. The Morgan fingerprint density at radius 3 is 2.83 bits per heavy atom. The number of hydrogen-bond acceptors (Lipinski definition) is 6. The van der Waals surface area contributed by atoms with Crippen molar-refractivity contribution in [2.24, 2.45) is 5.73 Å². The molecule has 2 aromatic carbocycles. The summed E-state index contributed by atoms with van der Waals surface area (Å²) in [5, 5.41) is 9.97. The van der Waals surface area contributed by atoms with Crippen LogP contribution in [0.2, 0.25) is 5.02 Å². The molecule has 0 bridgehead atoms. The molecule has 2 aromatic heterocycles. The summed E-state index contributed by atoms with van der Waals surface area (Å²) in [5.41, 5.74) is 7.32. The Kier molecular flexibility index (Phi) is 4.73. The van der Waals surface area contributed by atoms with Crippen LogP contribution in [0.15, 0.2) is 47.4 Å². The maximum Gasteiger partial charge on any atom is 0.274 e. The molecule has 146 valence electrons. The third-order valence-corrected chi connectivity index (χ3v) is 5.59. The molecular formula is C20H14ClN3O4S. The lowest BCUT2D eigenvalue weighted by Gasteiger charge is -2.05. The molecule has 2 heterocycles. The number of methoxy groups -OCH3 is 1. The van der Waals surface area contributed by atoms with Crippen LogP contribution in [0.25, 0.3) is 22.3 Å². The molecule has 1 amide bonds. The summed E-state index contributed by atoms with van der Waals surface area (Å²) in [4.78, 5) is 29.2. The van der Waals surface area contributed by atoms with E-state index in [9.17, 15) is 14.7 Å². The smallest absolute Gasteiger partial charge is 0.274 e. The Balaban J connectivity index is 1.79. The summed E-state index contributed by atoms with van der Waals surface area (Å²) in [6.07, 6.45) is 3.28. The van der Waals surface area contributed by atoms with Gasteiger partial charge in [0.15, 0.2) is 16.5 Å². The monoisotopic (exact) mass is 427 g/mol. The number of aromatic nitrogens is 2. The van der Waals surface area contributed by atoms with Crippen molar-refractivity contribution < 1.29 is 14.6 Å². The van der Waals surface area contributed by atoms with Gasteiger partial charge in [0.05, 0.1) is 22.4 Å². The largest absolute Gasteiger partial charge is 0.503 e. The molecule has 0 aliphatic rings. The SMILES string of the molecule is COc1cc(/C=c2\sc3nc(-c4cccc(C(N)=O)c4)cn3c2=O)cc(Cl)c1O. The van der Waals surface area contributed by atoms with Gasteiger partial charge in [-0.3, -0.25) is 14.0 Å². The molecule has 0 saturated carbocycles. The number of nitrogens with two attached hydrogens (primary N) is 1. The van der Waals surface area contributed by atoms with Gasteiger partial charge in [-0.1, -0.05) is 35.1 Å². The van der Waals surface area contributed by atoms with Gasteiger partial charge in [0, 0.05) is 17.3 Å². The minimum atomic E-state index is -0.530. The molecule has 4 rings (SSSR count). The molecule has 0 aliphatic carbocycles. The number of primary amides is 1. The van der Waals surface area contributed by atoms with E-state index in [1.54, 1.807) is 48.7 Å². The number of phenolic OH excluding ortho intramolecular Hbond substituents is 1. The summed E-state index contributed by atoms with van der Waals surface area (Å²) in [7, 11) is 1.42. The van der Waals surface area contributed by atoms with Crippen molar-refractivity contribution in [2.75, 3.05) is 7.11 Å². The van der Waals surface area contributed by atoms with Crippen molar-refractivity contribution in [3.8, 4) is 22.8 Å². The van der Waals surface area contributed by atoms with Gasteiger partial charge in [-0.05, 0) is 35.9 Å². The van der Waals surface area contributed by atoms with Gasteiger partial charge in [-0.15, -0.1) is 0 Å². The fraction of sp³-hybridized carbons (Fsp3) is 0.0500. The molecule has 29 heavy (non-hydrogen) atoms. The average Bonchev–Trinajstić information content (AvgIpc) is 3.24. The van der Waals surface area contributed by atoms with Crippen LogP contribution < -0.4 is 20.6 Å². The second kappa shape index (κ2) is 7.23. The van der Waals surface area contributed by atoms with Gasteiger partial charge < -0.3 is 15.6 Å². The number of halogens is 1. The zero-order valence-corrected chi connectivity index (χ0v) is 16.6. The Morgan fingerprint density at radius 1 is 1.34 bits per heavy atom. The van der Waals surface area contributed by atoms with Crippen LogP contribution in [0.5, 0.6) is 11.5 Å². The Morgan fingerprint density at radius 2 is 2.14 bits per heavy atom. The van der Waals surface area contributed by atoms with Crippen molar-refractivity contribution >= 4 is 39.9 Å². The Hall–Kier alpha value is -3.36. The van der Waals surface area contributed by atoms with Crippen LogP contribution in [0.4, 0.5) is 0 Å². The third-order valence-electron chi connectivity index (χ3n) is 4.32. The topological polar surface area (TPSA) is 107 Å². The Labute approximate surface area is 173 Å². The van der Waals surface area contributed by atoms with Gasteiger partial charge >= 0.3 is 0 Å². The van der Waals surface area contributed by atoms with E-state index in [4.69, 9.17) is 22.1 Å². The number of benzene rings is 2. The first-order chi connectivity index (χ1) is 13.9. The van der Waals surface area contributed by atoms with Crippen molar-refractivity contribution in [3.63, 3.8) is 0 Å². The maximum atomic E-state index is 12.8. The highest BCUT2D eigenvalue weighted by atomic mass is 35.5. The fourth-order valence-electron chi connectivity index (χ4n) is 2.89. The molecule has 9 heteroatoms. The Bertz CT molecular complexity index is 1380. The third kappa shape index (κ3) is 3.43. The first-order valence-corrected chi connectivity index (χ1v) is 9.57. The molecule has 4 aromatic rings. The molecule has 0 atom stereocenters. The van der Waals surface area contributed by atoms with Gasteiger partial charge in [0.2, 0.25) is 5.91 Å². The lowest BCUT2D eigenvalue weighted by Crippen LogP contribution is -2.22. The molecule has 0 unspecified atom stereocenters. The van der Waals surface area contributed by atoms with Crippen LogP contribution in [-0.2, 0) is 0 Å². The van der Waals surface area contributed by atoms with E-state index in [1.807, 2.05) is 0 Å². The number of thiazole rings is 1. The number of carbonyl (C=O) groups excluding carboxylic acids is 1. The van der Waals surface area contributed by atoms with E-state index in [-0.39, 0.29) is 22.1 Å². The predicted molar refractivity (Wildman–Crippen MR) is 112 cm³/mol. The lowest BCUT2D eigenvalue weighted by molar-refractivity contribution is 0.100. The van der Waals surface area contributed by atoms with E-state index < -0.39 is 5.91 Å². The second-order valence-electron chi connectivity index (χ2n) is 6.19. The van der Waals surface area contributed by atoms with Gasteiger partial charge in [0.25, 0.3) is 5.56 Å². The summed E-state index contributed by atoms with van der Waals surface area (Å²) in [5.74, 6) is -0.469. The number of imidazole rings is 1. The summed E-state index contributed by atoms with van der Waals surface area (Å²) >= 11 is 7.22. The first-order valence-electron chi connectivity index (χ1n) is 8.37. The van der Waals surface area contributed by atoms with Crippen LogP contribution in [0, 0.1) is 0 Å². The minimum Gasteiger partial charge on any atom is -0.503 e. The van der Waals surface area contributed by atoms with E-state index in [2.05, 4.69) is 4.98 Å². The van der Waals surface area contributed by atoms with Gasteiger partial charge in [-0.2, -0.15) is 0 Å². The lowest BCUT2D eigenvalue weighted by atomic mass is 10.1. The molecule has 0 fully saturated rings. The summed E-state index contributed by atoms with van der Waals surface area (Å²) in [6, 6.07) is 9.89. The molecule has 0 saturated heterocycles. The average molecular weight is 428 g/mol. The number of phenols is 1. The number of aromatic hydroxyl groups is 1. The molecule has 0 aliphatic heterocycles. The molecule has 0 spiro atoms. The zero-order chi connectivity index (χ0) is 20.7. The van der Waals surface area contributed by atoms with Crippen LogP contribution in [0.3, 0.4) is 0 Å². The number of rotatable bonds is 4. The first kappa shape index (κ1) is 19.0. The zero-order valence-electron chi connectivity index (χ0n) is 15.0. The van der Waals surface area contributed by atoms with Crippen molar-refractivity contribution in [1.82, 2.24) is 9.38 Å². The number of fused-ring (bicyclic) bond motifs is 1. The van der Waals surface area contributed by atoms with Crippen LogP contribution in [0.1, 0.15) is 15.9 Å². The number of nitrogens with zero attached hydrogens (tertiary/aromatic N) is 2. The number of ether oxygens (including phenoxy) is 1. The standard InChI is InChI=1S/C20H14ClN3O4S/c1-28-15-6-10(5-13(21)17(15)25)7-16-19(27)24-9-14(23-20(24)29-16)11-3-2-4-12(8-11)18(22)26/h2-9,25H,1H3,(H2,22,26)/b16-7-. The normalized spacial score (nSPS) is 11.9. The van der Waals surface area contributed by atoms with E-state index in [0.29, 0.717) is 31.9 Å². The number of hydrogen-bond donors (Lipinski definition) is 2. The highest BCUT2D eigenvalue weighted by Gasteiger charge is 2.13. The quantitative estimate of drug-likeness (QED) is 0.520. The van der Waals surface area contributed by atoms with Crippen LogP contribution >= 0.6 is 22.9 Å². The second-order valence-corrected chi connectivity index (χ2v) is 7.61. The maximum absolute atomic E-state index is 12.8. The predicted octanol–water partition coefficient (Wildman–Crippen LogP) is 2.44. The number of amides is 1. The molecule has 0 radical (unpaired) electrons. The van der Waals surface area contributed by atoms with Gasteiger partial charge in [-0.25, -0.2) is 4.98 Å². The molecule has 7 nitrogen and oxygen atoms in total. The van der Waals surface area contributed by atoms with Crippen molar-refractivity contribution in [2.45, 2.75) is 0 Å². The highest BCUT2D eigenvalue weighted by Crippen LogP contribution is 2.35. The highest BCUT2D eigenvalue weighted by molar-refractivity contribution is 7.15. The summed E-state index contributed by atoms with van der Waals surface area (Å²) < 4.78 is 6.99. The van der Waals surface area contributed by atoms with Crippen molar-refractivity contribution in [3.05, 3.63) is 73.6 Å². The van der Waals surface area contributed by atoms with Crippen molar-refractivity contribution in [1.29, 1.82) is 0 Å². The fourth-order valence-corrected chi connectivity index (χ4v) is 4.06. The summed E-state index contributed by atoms with van der Waals surface area (Å²) in [6.45, 7) is 0. The van der Waals surface area contributed by atoms with E-state index in [1.165, 1.54) is 22.8 Å². The van der Waals surface area contributed by atoms with E-state index >= 15 is 0 Å². The number of carbonyl (C=O) groups is 1.